The summed E-state index contributed by atoms with van der Waals surface area (Å²) >= 11 is 0. The van der Waals surface area contributed by atoms with Crippen molar-refractivity contribution < 1.29 is 19.1 Å². The highest BCUT2D eigenvalue weighted by molar-refractivity contribution is 6.01. The summed E-state index contributed by atoms with van der Waals surface area (Å²) < 4.78 is 11.0. The van der Waals surface area contributed by atoms with Gasteiger partial charge in [-0.25, -0.2) is 4.79 Å². The van der Waals surface area contributed by atoms with Gasteiger partial charge in [-0.05, 0) is 41.3 Å². The quantitative estimate of drug-likeness (QED) is 0.474. The van der Waals surface area contributed by atoms with Crippen molar-refractivity contribution in [2.75, 3.05) is 0 Å². The molecule has 160 valence electrons. The van der Waals surface area contributed by atoms with E-state index in [2.05, 4.69) is 5.32 Å². The Morgan fingerprint density at radius 3 is 1.87 bits per heavy atom. The number of nitrogens with one attached hydrogen (secondary N) is 1. The Labute approximate surface area is 183 Å². The van der Waals surface area contributed by atoms with E-state index in [1.165, 1.54) is 0 Å². The highest BCUT2D eigenvalue weighted by Crippen LogP contribution is 2.17. The first kappa shape index (κ1) is 22.1. The second-order valence-corrected chi connectivity index (χ2v) is 7.59. The summed E-state index contributed by atoms with van der Waals surface area (Å²) in [5.74, 6) is 0.420. The van der Waals surface area contributed by atoms with Gasteiger partial charge in [0.25, 0.3) is 0 Å². The van der Waals surface area contributed by atoms with Crippen LogP contribution in [0, 0.1) is 5.92 Å². The molecule has 0 aliphatic heterocycles. The molecule has 0 fully saturated rings. The van der Waals surface area contributed by atoms with Gasteiger partial charge in [-0.15, -0.1) is 0 Å². The number of ketones is 1. The second kappa shape index (κ2) is 11.0. The smallest absolute Gasteiger partial charge is 0.408 e. The molecule has 1 amide bonds. The van der Waals surface area contributed by atoms with Crippen molar-refractivity contribution in [3.63, 3.8) is 0 Å². The van der Waals surface area contributed by atoms with E-state index < -0.39 is 12.1 Å². The fraction of sp³-hybridized carbons (Fsp3) is 0.231. The highest BCUT2D eigenvalue weighted by Gasteiger charge is 2.26. The van der Waals surface area contributed by atoms with Crippen LogP contribution in [0.5, 0.6) is 5.75 Å². The largest absolute Gasteiger partial charge is 0.489 e. The third-order valence-electron chi connectivity index (χ3n) is 4.82. The zero-order valence-electron chi connectivity index (χ0n) is 17.8. The number of alkyl carbamates (subject to hydrolysis) is 1. The van der Waals surface area contributed by atoms with Crippen LogP contribution in [0.15, 0.2) is 84.9 Å². The number of hydrogen-bond donors (Lipinski definition) is 1. The Kier molecular flexibility index (Phi) is 7.82. The third-order valence-corrected chi connectivity index (χ3v) is 4.82. The predicted octanol–water partition coefficient (Wildman–Crippen LogP) is 5.40. The molecule has 0 aliphatic carbocycles. The molecule has 0 aromatic heterocycles. The first-order chi connectivity index (χ1) is 15.0. The molecule has 1 atom stereocenters. The van der Waals surface area contributed by atoms with Crippen LogP contribution in [-0.2, 0) is 18.0 Å². The molecular formula is C26H27NO4. The van der Waals surface area contributed by atoms with Crippen molar-refractivity contribution in [2.24, 2.45) is 5.92 Å². The molecule has 0 radical (unpaired) electrons. The van der Waals surface area contributed by atoms with E-state index >= 15 is 0 Å². The number of ether oxygens (including phenoxy) is 2. The SMILES string of the molecule is CC(C)[C@@H](NC(=O)OCc1ccccc1)C(=O)c1ccc(OCc2ccccc2)cc1. The molecule has 3 aromatic rings. The summed E-state index contributed by atoms with van der Waals surface area (Å²) in [5, 5.41) is 2.70. The molecule has 5 nitrogen and oxygen atoms in total. The molecule has 0 heterocycles. The predicted molar refractivity (Wildman–Crippen MR) is 120 cm³/mol. The molecule has 3 rings (SSSR count). The first-order valence-corrected chi connectivity index (χ1v) is 10.3. The lowest BCUT2D eigenvalue weighted by Crippen LogP contribution is -2.44. The molecule has 1 N–H and O–H groups in total. The zero-order chi connectivity index (χ0) is 22.1. The summed E-state index contributed by atoms with van der Waals surface area (Å²) in [6.07, 6.45) is -0.612. The Morgan fingerprint density at radius 2 is 1.32 bits per heavy atom. The fourth-order valence-corrected chi connectivity index (χ4v) is 3.06. The van der Waals surface area contributed by atoms with E-state index in [9.17, 15) is 9.59 Å². The average Bonchev–Trinajstić information content (AvgIpc) is 2.81. The van der Waals surface area contributed by atoms with Crippen LogP contribution < -0.4 is 10.1 Å². The van der Waals surface area contributed by atoms with Gasteiger partial charge in [-0.3, -0.25) is 4.79 Å². The zero-order valence-corrected chi connectivity index (χ0v) is 17.8. The number of benzene rings is 3. The lowest BCUT2D eigenvalue weighted by molar-refractivity contribution is 0.0886. The summed E-state index contributed by atoms with van der Waals surface area (Å²) in [6.45, 7) is 4.38. The Hall–Kier alpha value is -3.60. The van der Waals surface area contributed by atoms with E-state index in [4.69, 9.17) is 9.47 Å². The Balaban J connectivity index is 1.56. The molecule has 3 aromatic carbocycles. The van der Waals surface area contributed by atoms with Gasteiger partial charge in [0.15, 0.2) is 5.78 Å². The van der Waals surface area contributed by atoms with E-state index in [0.29, 0.717) is 17.9 Å². The lowest BCUT2D eigenvalue weighted by Gasteiger charge is -2.21. The van der Waals surface area contributed by atoms with Crippen molar-refractivity contribution in [3.05, 3.63) is 102 Å². The van der Waals surface area contributed by atoms with Gasteiger partial charge in [0.2, 0.25) is 0 Å². The number of amides is 1. The van der Waals surface area contributed by atoms with Crippen molar-refractivity contribution in [1.82, 2.24) is 5.32 Å². The van der Waals surface area contributed by atoms with Gasteiger partial charge < -0.3 is 14.8 Å². The molecule has 0 unspecified atom stereocenters. The summed E-state index contributed by atoms with van der Waals surface area (Å²) in [6, 6.07) is 25.6. The molecule has 31 heavy (non-hydrogen) atoms. The van der Waals surface area contributed by atoms with Gasteiger partial charge in [0, 0.05) is 5.56 Å². The fourth-order valence-electron chi connectivity index (χ4n) is 3.06. The van der Waals surface area contributed by atoms with Crippen LogP contribution in [0.1, 0.15) is 35.3 Å². The van der Waals surface area contributed by atoms with Crippen LogP contribution in [0.2, 0.25) is 0 Å². The van der Waals surface area contributed by atoms with Gasteiger partial charge >= 0.3 is 6.09 Å². The third kappa shape index (κ3) is 6.71. The first-order valence-electron chi connectivity index (χ1n) is 10.3. The number of rotatable bonds is 9. The van der Waals surface area contributed by atoms with Gasteiger partial charge in [0.05, 0.1) is 6.04 Å². The minimum absolute atomic E-state index is 0.0919. The molecular weight excluding hydrogens is 390 g/mol. The average molecular weight is 418 g/mol. The number of carbonyl (C=O) groups is 2. The topological polar surface area (TPSA) is 64.6 Å². The van der Waals surface area contributed by atoms with E-state index in [-0.39, 0.29) is 18.3 Å². The van der Waals surface area contributed by atoms with Crippen molar-refractivity contribution in [2.45, 2.75) is 33.1 Å². The second-order valence-electron chi connectivity index (χ2n) is 7.59. The number of carbonyl (C=O) groups excluding carboxylic acids is 2. The van der Waals surface area contributed by atoms with E-state index in [1.807, 2.05) is 74.5 Å². The molecule has 0 saturated carbocycles. The van der Waals surface area contributed by atoms with Crippen molar-refractivity contribution in [1.29, 1.82) is 0 Å². The maximum Gasteiger partial charge on any atom is 0.408 e. The van der Waals surface area contributed by atoms with Crippen molar-refractivity contribution >= 4 is 11.9 Å². The molecule has 0 bridgehead atoms. The maximum atomic E-state index is 13.0. The highest BCUT2D eigenvalue weighted by atomic mass is 16.5. The van der Waals surface area contributed by atoms with Crippen LogP contribution in [0.25, 0.3) is 0 Å². The van der Waals surface area contributed by atoms with E-state index in [1.54, 1.807) is 24.3 Å². The monoisotopic (exact) mass is 417 g/mol. The van der Waals surface area contributed by atoms with Gasteiger partial charge in [-0.2, -0.15) is 0 Å². The van der Waals surface area contributed by atoms with Gasteiger partial charge in [-0.1, -0.05) is 74.5 Å². The van der Waals surface area contributed by atoms with Crippen LogP contribution in [0.4, 0.5) is 4.79 Å². The molecule has 0 spiro atoms. The summed E-state index contributed by atoms with van der Waals surface area (Å²) in [5.41, 5.74) is 2.46. The normalized spacial score (nSPS) is 11.6. The minimum Gasteiger partial charge on any atom is -0.489 e. The summed E-state index contributed by atoms with van der Waals surface area (Å²) in [7, 11) is 0. The minimum atomic E-state index is -0.681. The van der Waals surface area contributed by atoms with Crippen LogP contribution in [-0.4, -0.2) is 17.9 Å². The van der Waals surface area contributed by atoms with Crippen LogP contribution in [0.3, 0.4) is 0 Å². The Bertz CT molecular complexity index is 969. The standard InChI is InChI=1S/C26H27NO4/c1-19(2)24(27-26(29)31-18-21-11-7-4-8-12-21)25(28)22-13-15-23(16-14-22)30-17-20-9-5-3-6-10-20/h3-16,19,24H,17-18H2,1-2H3,(H,27,29)/t24-/m1/s1. The molecule has 5 heteroatoms. The van der Waals surface area contributed by atoms with E-state index in [0.717, 1.165) is 11.1 Å². The van der Waals surface area contributed by atoms with Gasteiger partial charge in [0.1, 0.15) is 19.0 Å². The molecule has 0 saturated heterocycles. The van der Waals surface area contributed by atoms with Crippen LogP contribution >= 0.6 is 0 Å². The molecule has 0 aliphatic rings. The number of hydrogen-bond acceptors (Lipinski definition) is 4. The Morgan fingerprint density at radius 1 is 0.774 bits per heavy atom. The number of Topliss-reactive ketones (excluding diaryl/α,β-unsaturated/α-hetero) is 1. The maximum absolute atomic E-state index is 13.0. The summed E-state index contributed by atoms with van der Waals surface area (Å²) in [4.78, 5) is 25.2. The lowest BCUT2D eigenvalue weighted by atomic mass is 9.95. The van der Waals surface area contributed by atoms with Crippen molar-refractivity contribution in [3.8, 4) is 5.75 Å².